The maximum Gasteiger partial charge on any atom is 0.157 e. The van der Waals surface area contributed by atoms with Crippen LogP contribution >= 0.6 is 0 Å². The summed E-state index contributed by atoms with van der Waals surface area (Å²) < 4.78 is 11.6. The van der Waals surface area contributed by atoms with Crippen LogP contribution in [0.5, 0.6) is 0 Å². The molecule has 0 N–H and O–H groups in total. The van der Waals surface area contributed by atoms with E-state index in [-0.39, 0.29) is 6.29 Å². The number of aldehydes is 1. The van der Waals surface area contributed by atoms with Crippen molar-refractivity contribution in [1.29, 1.82) is 0 Å². The van der Waals surface area contributed by atoms with E-state index >= 15 is 0 Å². The summed E-state index contributed by atoms with van der Waals surface area (Å²) in [5.41, 5.74) is 0. The van der Waals surface area contributed by atoms with Crippen LogP contribution < -0.4 is 0 Å². The Morgan fingerprint density at radius 1 is 0.895 bits per heavy atom. The molecule has 19 heavy (non-hydrogen) atoms. The Morgan fingerprint density at radius 3 is 1.63 bits per heavy atom. The maximum atomic E-state index is 10.5. The van der Waals surface area contributed by atoms with Gasteiger partial charge in [0.15, 0.2) is 6.29 Å². The highest BCUT2D eigenvalue weighted by Gasteiger charge is 2.17. The summed E-state index contributed by atoms with van der Waals surface area (Å²) in [6.45, 7) is 15.5. The van der Waals surface area contributed by atoms with Gasteiger partial charge in [-0.25, -0.2) is 0 Å². The summed E-state index contributed by atoms with van der Waals surface area (Å²) >= 11 is 0. The van der Waals surface area contributed by atoms with Gasteiger partial charge in [-0.15, -0.1) is 0 Å². The predicted molar refractivity (Wildman–Crippen MR) is 87.3 cm³/mol. The first-order valence-electron chi connectivity index (χ1n) is 7.31. The Hall–Kier alpha value is 0.0238. The lowest BCUT2D eigenvalue weighted by Gasteiger charge is -2.23. The zero-order valence-electron chi connectivity index (χ0n) is 13.6. The summed E-state index contributed by atoms with van der Waals surface area (Å²) in [4.78, 5) is 10.5. The van der Waals surface area contributed by atoms with E-state index in [0.29, 0.717) is 12.8 Å². The van der Waals surface area contributed by atoms with Crippen molar-refractivity contribution in [2.24, 2.45) is 0 Å². The van der Waals surface area contributed by atoms with Gasteiger partial charge in [0.1, 0.15) is 6.29 Å². The van der Waals surface area contributed by atoms with Crippen LogP contribution in [0.1, 0.15) is 12.8 Å². The fourth-order valence-corrected chi connectivity index (χ4v) is 2.87. The lowest BCUT2D eigenvalue weighted by Crippen LogP contribution is -2.27. The molecule has 0 aromatic carbocycles. The van der Waals surface area contributed by atoms with E-state index in [9.17, 15) is 4.79 Å². The highest BCUT2D eigenvalue weighted by Crippen LogP contribution is 2.13. The van der Waals surface area contributed by atoms with Crippen LogP contribution in [-0.2, 0) is 14.3 Å². The van der Waals surface area contributed by atoms with Crippen LogP contribution in [0.15, 0.2) is 0 Å². The van der Waals surface area contributed by atoms with E-state index in [2.05, 4.69) is 39.3 Å². The second kappa shape index (κ2) is 9.05. The Morgan fingerprint density at radius 2 is 1.32 bits per heavy atom. The standard InChI is InChI=1S/C14H32O3Si2/c1-18(2,3)12-10-16-14(8-7-9-15)17-11-13-19(4,5)6/h9,14H,7-8,10-13H2,1-6H3. The van der Waals surface area contributed by atoms with Gasteiger partial charge in [0, 0.05) is 42.2 Å². The minimum atomic E-state index is -1.06. The molecule has 114 valence electrons. The SMILES string of the molecule is C[Si](C)(C)CCOC(CCC=O)OCC[Si](C)(C)C. The quantitative estimate of drug-likeness (QED) is 0.329. The molecule has 0 atom stereocenters. The van der Waals surface area contributed by atoms with Crippen molar-refractivity contribution in [2.75, 3.05) is 13.2 Å². The molecule has 0 saturated heterocycles. The topological polar surface area (TPSA) is 35.5 Å². The molecule has 0 aliphatic rings. The molecule has 0 bridgehead atoms. The molecule has 0 aromatic rings. The summed E-state index contributed by atoms with van der Waals surface area (Å²) in [5.74, 6) is 0. The molecule has 0 aliphatic heterocycles. The monoisotopic (exact) mass is 304 g/mol. The highest BCUT2D eigenvalue weighted by molar-refractivity contribution is 6.76. The molecular weight excluding hydrogens is 272 g/mol. The summed E-state index contributed by atoms with van der Waals surface area (Å²) in [6, 6.07) is 2.28. The molecule has 5 heteroatoms. The molecule has 0 amide bonds. The lowest BCUT2D eigenvalue weighted by molar-refractivity contribution is -0.142. The van der Waals surface area contributed by atoms with Gasteiger partial charge >= 0.3 is 0 Å². The van der Waals surface area contributed by atoms with Crippen molar-refractivity contribution >= 4 is 22.4 Å². The molecule has 0 aromatic heterocycles. The number of ether oxygens (including phenoxy) is 2. The van der Waals surface area contributed by atoms with Crippen LogP contribution in [0.25, 0.3) is 0 Å². The summed E-state index contributed by atoms with van der Waals surface area (Å²) in [6.07, 6.45) is 1.94. The highest BCUT2D eigenvalue weighted by atomic mass is 28.3. The van der Waals surface area contributed by atoms with E-state index < -0.39 is 16.1 Å². The van der Waals surface area contributed by atoms with Crippen molar-refractivity contribution in [3.8, 4) is 0 Å². The van der Waals surface area contributed by atoms with Gasteiger partial charge in [0.25, 0.3) is 0 Å². The van der Waals surface area contributed by atoms with Gasteiger partial charge in [0.2, 0.25) is 0 Å². The fourth-order valence-electron chi connectivity index (χ4n) is 1.41. The van der Waals surface area contributed by atoms with Gasteiger partial charge in [-0.1, -0.05) is 39.3 Å². The van der Waals surface area contributed by atoms with Gasteiger partial charge in [-0.3, -0.25) is 0 Å². The summed E-state index contributed by atoms with van der Waals surface area (Å²) in [5, 5.41) is 0. The Kier molecular flexibility index (Phi) is 9.06. The van der Waals surface area contributed by atoms with Gasteiger partial charge in [0.05, 0.1) is 0 Å². The maximum absolute atomic E-state index is 10.5. The van der Waals surface area contributed by atoms with E-state index in [0.717, 1.165) is 31.6 Å². The third-order valence-corrected chi connectivity index (χ3v) is 6.24. The zero-order chi connectivity index (χ0) is 14.9. The predicted octanol–water partition coefficient (Wildman–Crippen LogP) is 4.00. The second-order valence-corrected chi connectivity index (χ2v) is 18.8. The minimum Gasteiger partial charge on any atom is -0.353 e. The van der Waals surface area contributed by atoms with E-state index in [1.807, 2.05) is 0 Å². The number of rotatable bonds is 11. The summed E-state index contributed by atoms with van der Waals surface area (Å²) in [7, 11) is -2.12. The van der Waals surface area contributed by atoms with E-state index in [4.69, 9.17) is 9.47 Å². The van der Waals surface area contributed by atoms with Crippen LogP contribution in [0, 0.1) is 0 Å². The third-order valence-electron chi connectivity index (χ3n) is 2.83. The van der Waals surface area contributed by atoms with Gasteiger partial charge in [-0.2, -0.15) is 0 Å². The van der Waals surface area contributed by atoms with Crippen LogP contribution in [-0.4, -0.2) is 41.9 Å². The first-order chi connectivity index (χ1) is 8.64. The molecule has 0 unspecified atom stereocenters. The smallest absolute Gasteiger partial charge is 0.157 e. The lowest BCUT2D eigenvalue weighted by atomic mass is 10.3. The molecule has 0 radical (unpaired) electrons. The third kappa shape index (κ3) is 14.2. The largest absolute Gasteiger partial charge is 0.353 e. The number of carbonyl (C=O) groups excluding carboxylic acids is 1. The number of hydrogen-bond donors (Lipinski definition) is 0. The molecule has 3 nitrogen and oxygen atoms in total. The van der Waals surface area contributed by atoms with E-state index in [1.54, 1.807) is 0 Å². The number of carbonyl (C=O) groups is 1. The zero-order valence-corrected chi connectivity index (χ0v) is 15.6. The van der Waals surface area contributed by atoms with Crippen LogP contribution in [0.2, 0.25) is 51.4 Å². The second-order valence-electron chi connectivity index (χ2n) is 7.54. The van der Waals surface area contributed by atoms with Gasteiger partial charge < -0.3 is 14.3 Å². The Bertz CT molecular complexity index is 224. The Labute approximate surface area is 121 Å². The minimum absolute atomic E-state index is 0.196. The number of hydrogen-bond acceptors (Lipinski definition) is 3. The van der Waals surface area contributed by atoms with Crippen molar-refractivity contribution in [1.82, 2.24) is 0 Å². The fraction of sp³-hybridized carbons (Fsp3) is 0.929. The average Bonchev–Trinajstić information content (AvgIpc) is 2.21. The van der Waals surface area contributed by atoms with Crippen molar-refractivity contribution in [2.45, 2.75) is 70.5 Å². The first-order valence-corrected chi connectivity index (χ1v) is 14.7. The molecule has 0 saturated carbocycles. The molecule has 0 rings (SSSR count). The normalized spacial score (nSPS) is 13.0. The van der Waals surface area contributed by atoms with Crippen molar-refractivity contribution in [3.63, 3.8) is 0 Å². The van der Waals surface area contributed by atoms with E-state index in [1.165, 1.54) is 0 Å². The average molecular weight is 305 g/mol. The molecule has 0 fully saturated rings. The molecule has 0 aliphatic carbocycles. The van der Waals surface area contributed by atoms with Crippen molar-refractivity contribution < 1.29 is 14.3 Å². The van der Waals surface area contributed by atoms with Crippen molar-refractivity contribution in [3.05, 3.63) is 0 Å². The van der Waals surface area contributed by atoms with Crippen LogP contribution in [0.3, 0.4) is 0 Å². The molecule has 0 spiro atoms. The Balaban J connectivity index is 3.98. The first kappa shape index (κ1) is 19.0. The van der Waals surface area contributed by atoms with Gasteiger partial charge in [-0.05, 0) is 12.1 Å². The molecule has 0 heterocycles. The molecular formula is C14H32O3Si2. The van der Waals surface area contributed by atoms with Crippen LogP contribution in [0.4, 0.5) is 0 Å².